The molecule has 4 rings (SSSR count). The first kappa shape index (κ1) is 26.6. The lowest BCUT2D eigenvalue weighted by atomic mass is 10.1. The van der Waals surface area contributed by atoms with E-state index in [0.29, 0.717) is 13.2 Å². The van der Waals surface area contributed by atoms with E-state index in [0.717, 1.165) is 33.6 Å². The Morgan fingerprint density at radius 2 is 1.53 bits per heavy atom. The molecule has 0 radical (unpaired) electrons. The summed E-state index contributed by atoms with van der Waals surface area (Å²) in [6, 6.07) is 24.4. The fraction of sp³-hybridized carbons (Fsp3) is 0.308. The van der Waals surface area contributed by atoms with Gasteiger partial charge in [-0.05, 0) is 62.7 Å². The van der Waals surface area contributed by atoms with E-state index in [1.54, 1.807) is 12.1 Å². The van der Waals surface area contributed by atoms with Crippen LogP contribution in [0, 0.1) is 0 Å². The summed E-state index contributed by atoms with van der Waals surface area (Å²) in [7, 11) is -6.16. The normalized spacial score (nSPS) is 17.8. The number of halogens is 2. The first-order valence-corrected chi connectivity index (χ1v) is 14.0. The van der Waals surface area contributed by atoms with Crippen molar-refractivity contribution in [2.24, 2.45) is 0 Å². The van der Waals surface area contributed by atoms with E-state index >= 15 is 0 Å². The van der Waals surface area contributed by atoms with Crippen LogP contribution >= 0.6 is 0 Å². The summed E-state index contributed by atoms with van der Waals surface area (Å²) in [5.41, 5.74) is 0.898. The molecule has 36 heavy (non-hydrogen) atoms. The predicted molar refractivity (Wildman–Crippen MR) is 132 cm³/mol. The van der Waals surface area contributed by atoms with Crippen molar-refractivity contribution < 1.29 is 36.0 Å². The van der Waals surface area contributed by atoms with Crippen molar-refractivity contribution in [2.45, 2.75) is 52.1 Å². The molecule has 0 aromatic heterocycles. The maximum Gasteiger partial charge on any atom is 0.405 e. The zero-order chi connectivity index (χ0) is 26.0. The van der Waals surface area contributed by atoms with Gasteiger partial charge in [-0.3, -0.25) is 4.55 Å². The quantitative estimate of drug-likeness (QED) is 0.296. The van der Waals surface area contributed by atoms with E-state index in [4.69, 9.17) is 18.8 Å². The van der Waals surface area contributed by atoms with Gasteiger partial charge in [-0.15, -0.1) is 0 Å². The minimum atomic E-state index is -5.61. The van der Waals surface area contributed by atoms with E-state index in [9.17, 15) is 17.2 Å². The van der Waals surface area contributed by atoms with Crippen LogP contribution in [0.5, 0.6) is 5.75 Å². The first-order chi connectivity index (χ1) is 17.0. The van der Waals surface area contributed by atoms with Crippen molar-refractivity contribution >= 4 is 21.0 Å². The van der Waals surface area contributed by atoms with Gasteiger partial charge in [0.2, 0.25) is 0 Å². The van der Waals surface area contributed by atoms with Crippen LogP contribution in [0.4, 0.5) is 8.78 Å². The zero-order valence-corrected chi connectivity index (χ0v) is 21.4. The summed E-state index contributed by atoms with van der Waals surface area (Å²) in [6.07, 6.45) is -1.24. The van der Waals surface area contributed by atoms with Gasteiger partial charge in [-0.1, -0.05) is 30.3 Å². The largest absolute Gasteiger partial charge is 0.483 e. The lowest BCUT2D eigenvalue weighted by molar-refractivity contribution is -0.265. The Balaban J connectivity index is 1.66. The average Bonchev–Trinajstić information content (AvgIpc) is 2.86. The van der Waals surface area contributed by atoms with Crippen molar-refractivity contribution in [3.8, 4) is 5.75 Å². The maximum atomic E-state index is 13.9. The molecule has 3 aromatic carbocycles. The SMILES string of the molecule is CC(Oc1ccc([S+](c2ccccc2)c2cccc(C3(C)OCCCO3)c2)cc1)C(F)(F)S(=O)(=O)O. The number of hydrogen-bond donors (Lipinski definition) is 1. The minimum absolute atomic E-state index is 0.0523. The number of hydrogen-bond acceptors (Lipinski definition) is 5. The highest BCUT2D eigenvalue weighted by Crippen LogP contribution is 2.37. The molecule has 1 N–H and O–H groups in total. The van der Waals surface area contributed by atoms with Gasteiger partial charge in [0, 0.05) is 11.6 Å². The molecular formula is C26H27F2O6S2+. The molecule has 1 aliphatic heterocycles. The summed E-state index contributed by atoms with van der Waals surface area (Å²) in [6.45, 7) is 4.02. The predicted octanol–water partition coefficient (Wildman–Crippen LogP) is 5.64. The third kappa shape index (κ3) is 5.57. The lowest BCUT2D eigenvalue weighted by Gasteiger charge is -2.34. The van der Waals surface area contributed by atoms with Gasteiger partial charge in [0.25, 0.3) is 0 Å². The van der Waals surface area contributed by atoms with Crippen LogP contribution in [0.25, 0.3) is 0 Å². The zero-order valence-electron chi connectivity index (χ0n) is 19.8. The Morgan fingerprint density at radius 1 is 0.944 bits per heavy atom. The number of alkyl halides is 2. The van der Waals surface area contributed by atoms with Gasteiger partial charge in [0.05, 0.1) is 24.1 Å². The highest BCUT2D eigenvalue weighted by atomic mass is 32.2. The molecule has 6 nitrogen and oxygen atoms in total. The molecule has 1 saturated heterocycles. The first-order valence-electron chi connectivity index (χ1n) is 11.3. The average molecular weight is 538 g/mol. The van der Waals surface area contributed by atoms with Crippen LogP contribution in [0.1, 0.15) is 25.8 Å². The lowest BCUT2D eigenvalue weighted by Crippen LogP contribution is -2.42. The molecule has 0 saturated carbocycles. The molecule has 3 aromatic rings. The summed E-state index contributed by atoms with van der Waals surface area (Å²) in [4.78, 5) is 2.96. The molecular weight excluding hydrogens is 510 g/mol. The number of rotatable bonds is 8. The van der Waals surface area contributed by atoms with Gasteiger partial charge in [-0.25, -0.2) is 0 Å². The topological polar surface area (TPSA) is 82.1 Å². The van der Waals surface area contributed by atoms with Crippen LogP contribution in [0.15, 0.2) is 93.5 Å². The van der Waals surface area contributed by atoms with E-state index < -0.39 is 38.2 Å². The van der Waals surface area contributed by atoms with Crippen LogP contribution in [0.3, 0.4) is 0 Å². The molecule has 1 fully saturated rings. The molecule has 192 valence electrons. The molecule has 0 bridgehead atoms. The Kier molecular flexibility index (Phi) is 7.72. The van der Waals surface area contributed by atoms with E-state index in [1.807, 2.05) is 55.5 Å². The molecule has 0 aliphatic carbocycles. The Bertz CT molecular complexity index is 1280. The van der Waals surface area contributed by atoms with Gasteiger partial charge in [-0.2, -0.15) is 17.2 Å². The molecule has 2 atom stereocenters. The van der Waals surface area contributed by atoms with Crippen LogP contribution < -0.4 is 4.74 Å². The molecule has 1 aliphatic rings. The van der Waals surface area contributed by atoms with Crippen LogP contribution in [0.2, 0.25) is 0 Å². The molecule has 0 amide bonds. The second-order valence-corrected chi connectivity index (χ2v) is 11.9. The third-order valence-corrected chi connectivity index (χ3v) is 9.04. The summed E-state index contributed by atoms with van der Waals surface area (Å²) < 4.78 is 75.7. The summed E-state index contributed by atoms with van der Waals surface area (Å²) in [5, 5.41) is -4.44. The van der Waals surface area contributed by atoms with E-state index in [2.05, 4.69) is 6.07 Å². The fourth-order valence-electron chi connectivity index (χ4n) is 3.81. The Hall–Kier alpha value is -2.50. The van der Waals surface area contributed by atoms with Gasteiger partial charge in [0.15, 0.2) is 26.6 Å². The van der Waals surface area contributed by atoms with Crippen molar-refractivity contribution in [1.82, 2.24) is 0 Å². The second-order valence-electron chi connectivity index (χ2n) is 8.41. The Labute approximate surface area is 212 Å². The number of benzene rings is 3. The van der Waals surface area contributed by atoms with Gasteiger partial charge in [0.1, 0.15) is 5.75 Å². The second kappa shape index (κ2) is 10.5. The van der Waals surface area contributed by atoms with Crippen molar-refractivity contribution in [1.29, 1.82) is 0 Å². The highest BCUT2D eigenvalue weighted by molar-refractivity contribution is 7.97. The van der Waals surface area contributed by atoms with Gasteiger partial charge >= 0.3 is 15.4 Å². The van der Waals surface area contributed by atoms with E-state index in [1.165, 1.54) is 12.1 Å². The van der Waals surface area contributed by atoms with Crippen LogP contribution in [-0.2, 0) is 36.3 Å². The summed E-state index contributed by atoms with van der Waals surface area (Å²) in [5.74, 6) is -0.789. The van der Waals surface area contributed by atoms with Crippen LogP contribution in [-0.4, -0.2) is 37.5 Å². The third-order valence-electron chi connectivity index (χ3n) is 5.81. The smallest absolute Gasteiger partial charge is 0.405 e. The standard InChI is InChI=1S/C26H26F2O6S2/c1-19(26(27,28)36(29,30)31)34-21-12-14-23(15-13-21)35(22-9-4-3-5-10-22)24-11-6-8-20(18-24)25(2)32-16-7-17-33-25/h3-6,8-15,18-19H,7,16-17H2,1-2H3/p+1. The van der Waals surface area contributed by atoms with Gasteiger partial charge < -0.3 is 14.2 Å². The fourth-order valence-corrected chi connectivity index (χ4v) is 6.39. The molecule has 0 spiro atoms. The molecule has 2 unspecified atom stereocenters. The molecule has 10 heteroatoms. The monoisotopic (exact) mass is 537 g/mol. The highest BCUT2D eigenvalue weighted by Gasteiger charge is 2.51. The maximum absolute atomic E-state index is 13.9. The van der Waals surface area contributed by atoms with Crippen molar-refractivity contribution in [3.63, 3.8) is 0 Å². The molecule has 1 heterocycles. The van der Waals surface area contributed by atoms with Crippen molar-refractivity contribution in [2.75, 3.05) is 13.2 Å². The Morgan fingerprint density at radius 3 is 2.14 bits per heavy atom. The number of ether oxygens (including phenoxy) is 3. The van der Waals surface area contributed by atoms with Crippen molar-refractivity contribution in [3.05, 3.63) is 84.4 Å². The summed E-state index contributed by atoms with van der Waals surface area (Å²) >= 11 is 0. The van der Waals surface area contributed by atoms with E-state index in [-0.39, 0.29) is 5.75 Å². The minimum Gasteiger partial charge on any atom is -0.483 e.